The van der Waals surface area contributed by atoms with Crippen molar-refractivity contribution in [1.82, 2.24) is 20.1 Å². The Labute approximate surface area is 192 Å². The maximum absolute atomic E-state index is 12.6. The van der Waals surface area contributed by atoms with Gasteiger partial charge in [0, 0.05) is 22.3 Å². The Kier molecular flexibility index (Phi) is 7.62. The molecular formula is C20H19BrCl2N4OS. The van der Waals surface area contributed by atoms with Crippen molar-refractivity contribution in [3.8, 4) is 0 Å². The lowest BCUT2D eigenvalue weighted by Gasteiger charge is -2.15. The second kappa shape index (κ2) is 9.98. The van der Waals surface area contributed by atoms with E-state index in [1.807, 2.05) is 30.5 Å². The molecule has 5 nitrogen and oxygen atoms in total. The number of nitrogens with zero attached hydrogens (tertiary/aromatic N) is 3. The van der Waals surface area contributed by atoms with Gasteiger partial charge in [-0.25, -0.2) is 0 Å². The number of hydrogen-bond donors (Lipinski definition) is 1. The highest BCUT2D eigenvalue weighted by atomic mass is 79.9. The molecule has 0 aliphatic carbocycles. The Morgan fingerprint density at radius 1 is 1.17 bits per heavy atom. The summed E-state index contributed by atoms with van der Waals surface area (Å²) in [4.78, 5) is 12.6. The number of rotatable bonds is 7. The Morgan fingerprint density at radius 2 is 1.90 bits per heavy atom. The lowest BCUT2D eigenvalue weighted by molar-refractivity contribution is 0.0937. The van der Waals surface area contributed by atoms with Gasteiger partial charge in [0.15, 0.2) is 11.0 Å². The summed E-state index contributed by atoms with van der Waals surface area (Å²) in [5, 5.41) is 13.2. The number of carbonyl (C=O) groups excluding carboxylic acids is 1. The topological polar surface area (TPSA) is 59.8 Å². The van der Waals surface area contributed by atoms with Crippen molar-refractivity contribution in [2.24, 2.45) is 0 Å². The first-order chi connectivity index (χ1) is 13.9. The number of carbonyl (C=O) groups is 1. The Bertz CT molecular complexity index is 1010. The number of aromatic nitrogens is 3. The van der Waals surface area contributed by atoms with E-state index in [1.165, 1.54) is 5.56 Å². The molecule has 1 aromatic heterocycles. The zero-order chi connectivity index (χ0) is 21.0. The van der Waals surface area contributed by atoms with E-state index in [0.29, 0.717) is 28.0 Å². The molecule has 0 aliphatic rings. The standard InChI is InChI=1S/C20H19BrCl2N4OS/c1-3-27-18(12(2)24-19(28)14-6-9-16(22)17(23)10-14)25-26-20(27)29-11-13-4-7-15(21)8-5-13/h4-10,12H,3,11H2,1-2H3,(H,24,28)/t12-/m0/s1. The molecule has 1 heterocycles. The highest BCUT2D eigenvalue weighted by Gasteiger charge is 2.20. The zero-order valence-corrected chi connectivity index (χ0v) is 19.7. The van der Waals surface area contributed by atoms with Crippen molar-refractivity contribution in [2.45, 2.75) is 37.3 Å². The summed E-state index contributed by atoms with van der Waals surface area (Å²) in [6.07, 6.45) is 0. The molecule has 0 aliphatic heterocycles. The Balaban J connectivity index is 1.70. The lowest BCUT2D eigenvalue weighted by Crippen LogP contribution is -2.28. The molecule has 0 unspecified atom stereocenters. The fourth-order valence-electron chi connectivity index (χ4n) is 2.73. The molecule has 152 valence electrons. The van der Waals surface area contributed by atoms with Gasteiger partial charge in [-0.1, -0.05) is 63.0 Å². The summed E-state index contributed by atoms with van der Waals surface area (Å²) in [6.45, 7) is 4.62. The minimum atomic E-state index is -0.313. The van der Waals surface area contributed by atoms with Crippen molar-refractivity contribution in [3.05, 3.63) is 73.9 Å². The molecule has 29 heavy (non-hydrogen) atoms. The van der Waals surface area contributed by atoms with Gasteiger partial charge in [0.1, 0.15) is 0 Å². The molecule has 1 amide bonds. The third-order valence-electron chi connectivity index (χ3n) is 4.26. The number of hydrogen-bond acceptors (Lipinski definition) is 4. The molecule has 2 aromatic carbocycles. The smallest absolute Gasteiger partial charge is 0.251 e. The van der Waals surface area contributed by atoms with Gasteiger partial charge in [-0.05, 0) is 49.7 Å². The van der Waals surface area contributed by atoms with E-state index in [1.54, 1.807) is 30.0 Å². The van der Waals surface area contributed by atoms with E-state index in [9.17, 15) is 4.79 Å². The SMILES string of the molecule is CCn1c(SCc2ccc(Br)cc2)nnc1[C@H](C)NC(=O)c1ccc(Cl)c(Cl)c1. The molecule has 0 fully saturated rings. The molecule has 3 rings (SSSR count). The Morgan fingerprint density at radius 3 is 2.55 bits per heavy atom. The van der Waals surface area contributed by atoms with Crippen LogP contribution in [0.2, 0.25) is 10.0 Å². The van der Waals surface area contributed by atoms with Crippen LogP contribution >= 0.6 is 50.9 Å². The van der Waals surface area contributed by atoms with E-state index < -0.39 is 0 Å². The highest BCUT2D eigenvalue weighted by Crippen LogP contribution is 2.26. The molecule has 0 spiro atoms. The van der Waals surface area contributed by atoms with Gasteiger partial charge in [-0.3, -0.25) is 4.79 Å². The average Bonchev–Trinajstić information content (AvgIpc) is 3.12. The second-order valence-electron chi connectivity index (χ2n) is 6.32. The number of nitrogens with one attached hydrogen (secondary N) is 1. The lowest BCUT2D eigenvalue weighted by atomic mass is 10.2. The maximum atomic E-state index is 12.6. The number of halogens is 3. The van der Waals surface area contributed by atoms with Crippen molar-refractivity contribution in [2.75, 3.05) is 0 Å². The molecular weight excluding hydrogens is 495 g/mol. The average molecular weight is 514 g/mol. The van der Waals surface area contributed by atoms with Crippen LogP contribution in [0.4, 0.5) is 0 Å². The van der Waals surface area contributed by atoms with Crippen LogP contribution in [0.15, 0.2) is 52.1 Å². The van der Waals surface area contributed by atoms with E-state index in [4.69, 9.17) is 23.2 Å². The molecule has 0 bridgehead atoms. The largest absolute Gasteiger partial charge is 0.342 e. The first-order valence-corrected chi connectivity index (χ1v) is 11.5. The summed E-state index contributed by atoms with van der Waals surface area (Å²) in [7, 11) is 0. The zero-order valence-electron chi connectivity index (χ0n) is 15.8. The molecule has 1 N–H and O–H groups in total. The van der Waals surface area contributed by atoms with Gasteiger partial charge in [0.2, 0.25) is 0 Å². The maximum Gasteiger partial charge on any atom is 0.251 e. The van der Waals surface area contributed by atoms with E-state index in [0.717, 1.165) is 15.4 Å². The molecule has 9 heteroatoms. The van der Waals surface area contributed by atoms with Crippen LogP contribution in [0.25, 0.3) is 0 Å². The van der Waals surface area contributed by atoms with Crippen molar-refractivity contribution in [1.29, 1.82) is 0 Å². The normalized spacial score (nSPS) is 12.0. The van der Waals surface area contributed by atoms with E-state index in [2.05, 4.69) is 43.6 Å². The van der Waals surface area contributed by atoms with Gasteiger partial charge < -0.3 is 9.88 Å². The summed E-state index contributed by atoms with van der Waals surface area (Å²) in [5.41, 5.74) is 1.64. The third kappa shape index (κ3) is 5.54. The van der Waals surface area contributed by atoms with Crippen LogP contribution in [-0.4, -0.2) is 20.7 Å². The number of thioether (sulfide) groups is 1. The first-order valence-electron chi connectivity index (χ1n) is 8.95. The minimum absolute atomic E-state index is 0.245. The fraction of sp³-hybridized carbons (Fsp3) is 0.250. The van der Waals surface area contributed by atoms with Crippen molar-refractivity contribution >= 4 is 56.8 Å². The van der Waals surface area contributed by atoms with Gasteiger partial charge in [-0.15, -0.1) is 10.2 Å². The van der Waals surface area contributed by atoms with Crippen molar-refractivity contribution < 1.29 is 4.79 Å². The van der Waals surface area contributed by atoms with Crippen LogP contribution in [0.5, 0.6) is 0 Å². The van der Waals surface area contributed by atoms with Gasteiger partial charge in [0.25, 0.3) is 5.91 Å². The Hall–Kier alpha value is -1.54. The van der Waals surface area contributed by atoms with Crippen molar-refractivity contribution in [3.63, 3.8) is 0 Å². The molecule has 0 saturated heterocycles. The summed E-state index contributed by atoms with van der Waals surface area (Å²) < 4.78 is 3.07. The second-order valence-corrected chi connectivity index (χ2v) is 9.00. The molecule has 0 radical (unpaired) electrons. The number of amides is 1. The quantitative estimate of drug-likeness (QED) is 0.385. The van der Waals surface area contributed by atoms with Crippen LogP contribution < -0.4 is 5.32 Å². The predicted octanol–water partition coefficient (Wildman–Crippen LogP) is 6.15. The van der Waals surface area contributed by atoms with Gasteiger partial charge in [0.05, 0.1) is 16.1 Å². The van der Waals surface area contributed by atoms with Crippen LogP contribution in [-0.2, 0) is 12.3 Å². The predicted molar refractivity (Wildman–Crippen MR) is 122 cm³/mol. The number of benzene rings is 2. The highest BCUT2D eigenvalue weighted by molar-refractivity contribution is 9.10. The monoisotopic (exact) mass is 512 g/mol. The molecule has 1 atom stereocenters. The van der Waals surface area contributed by atoms with Crippen LogP contribution in [0, 0.1) is 0 Å². The first kappa shape index (κ1) is 22.2. The summed E-state index contributed by atoms with van der Waals surface area (Å²) >= 11 is 17.0. The summed E-state index contributed by atoms with van der Waals surface area (Å²) in [5.74, 6) is 1.25. The van der Waals surface area contributed by atoms with Crippen LogP contribution in [0.1, 0.15) is 41.6 Å². The van der Waals surface area contributed by atoms with Gasteiger partial charge >= 0.3 is 0 Å². The fourth-order valence-corrected chi connectivity index (χ4v) is 4.26. The molecule has 3 aromatic rings. The summed E-state index contributed by atoms with van der Waals surface area (Å²) in [6, 6.07) is 12.7. The third-order valence-corrected chi connectivity index (χ3v) is 6.57. The van der Waals surface area contributed by atoms with E-state index in [-0.39, 0.29) is 11.9 Å². The minimum Gasteiger partial charge on any atom is -0.342 e. The molecule has 0 saturated carbocycles. The van der Waals surface area contributed by atoms with Crippen LogP contribution in [0.3, 0.4) is 0 Å². The van der Waals surface area contributed by atoms with E-state index >= 15 is 0 Å². The van der Waals surface area contributed by atoms with Gasteiger partial charge in [-0.2, -0.15) is 0 Å².